The number of fused-ring (bicyclic) bond motifs is 1. The Balaban J connectivity index is 2.88. The van der Waals surface area contributed by atoms with Crippen molar-refractivity contribution in [3.05, 3.63) is 22.2 Å². The van der Waals surface area contributed by atoms with E-state index >= 15 is 0 Å². The molecule has 0 radical (unpaired) electrons. The van der Waals surface area contributed by atoms with Gasteiger partial charge in [-0.3, -0.25) is 0 Å². The van der Waals surface area contributed by atoms with Crippen LogP contribution in [0.1, 0.15) is 22.6 Å². The molecule has 80 valence electrons. The Hall–Kier alpha value is -1.23. The lowest BCUT2D eigenvalue weighted by molar-refractivity contribution is 0.153. The average Bonchev–Trinajstić information content (AvgIpc) is 2.41. The first-order valence-corrected chi connectivity index (χ1v) is 5.26. The number of thiophene rings is 1. The zero-order valence-electron chi connectivity index (χ0n) is 8.34. The monoisotopic (exact) mass is 228 g/mol. The highest BCUT2D eigenvalue weighted by Crippen LogP contribution is 2.38. The molecule has 0 fully saturated rings. The van der Waals surface area contributed by atoms with Crippen molar-refractivity contribution in [1.29, 1.82) is 0 Å². The maximum absolute atomic E-state index is 12.8. The molecule has 2 nitrogen and oxygen atoms in total. The summed E-state index contributed by atoms with van der Waals surface area (Å²) in [7, 11) is 0. The van der Waals surface area contributed by atoms with Crippen LogP contribution in [0.15, 0.2) is 6.07 Å². The Morgan fingerprint density at radius 2 is 2.07 bits per heavy atom. The fraction of sp³-hybridized carbons (Fsp3) is 0.300. The fourth-order valence-electron chi connectivity index (χ4n) is 1.56. The van der Waals surface area contributed by atoms with Crippen LogP contribution in [0.4, 0.5) is 14.5 Å². The summed E-state index contributed by atoms with van der Waals surface area (Å²) in [5, 5.41) is 0.415. The predicted octanol–water partition coefficient (Wildman–Crippen LogP) is 3.43. The number of anilines is 1. The fourth-order valence-corrected chi connectivity index (χ4v) is 2.58. The van der Waals surface area contributed by atoms with Gasteiger partial charge in [-0.2, -0.15) is 0 Å². The van der Waals surface area contributed by atoms with Crippen LogP contribution < -0.4 is 5.73 Å². The second-order valence-electron chi connectivity index (χ2n) is 3.41. The Labute approximate surface area is 89.7 Å². The van der Waals surface area contributed by atoms with Crippen LogP contribution in [0.5, 0.6) is 0 Å². The van der Waals surface area contributed by atoms with Crippen LogP contribution in [0.25, 0.3) is 10.2 Å². The highest BCUT2D eigenvalue weighted by atomic mass is 32.1. The Morgan fingerprint density at radius 3 is 2.67 bits per heavy atom. The number of alkyl halides is 2. The molecule has 0 aliphatic heterocycles. The van der Waals surface area contributed by atoms with Gasteiger partial charge in [-0.25, -0.2) is 13.8 Å². The van der Waals surface area contributed by atoms with E-state index in [1.54, 1.807) is 6.92 Å². The van der Waals surface area contributed by atoms with Crippen molar-refractivity contribution in [3.63, 3.8) is 0 Å². The second-order valence-corrected chi connectivity index (χ2v) is 4.61. The lowest BCUT2D eigenvalue weighted by atomic mass is 10.1. The van der Waals surface area contributed by atoms with Crippen LogP contribution in [0.3, 0.4) is 0 Å². The molecule has 5 heteroatoms. The molecule has 0 bridgehead atoms. The highest BCUT2D eigenvalue weighted by molar-refractivity contribution is 7.19. The summed E-state index contributed by atoms with van der Waals surface area (Å²) in [5.41, 5.74) is 6.77. The molecular weight excluding hydrogens is 218 g/mol. The van der Waals surface area contributed by atoms with E-state index < -0.39 is 6.43 Å². The number of rotatable bonds is 1. The topological polar surface area (TPSA) is 38.9 Å². The lowest BCUT2D eigenvalue weighted by Crippen LogP contribution is -1.93. The zero-order chi connectivity index (χ0) is 11.2. The number of hydrogen-bond donors (Lipinski definition) is 1. The van der Waals surface area contributed by atoms with Gasteiger partial charge in [-0.05, 0) is 19.9 Å². The molecule has 0 atom stereocenters. The summed E-state index contributed by atoms with van der Waals surface area (Å²) in [6, 6.07) is 1.40. The normalized spacial score (nSPS) is 11.5. The first-order chi connectivity index (χ1) is 7.00. The average molecular weight is 228 g/mol. The maximum atomic E-state index is 12.8. The van der Waals surface area contributed by atoms with Crippen molar-refractivity contribution in [2.24, 2.45) is 0 Å². The van der Waals surface area contributed by atoms with Gasteiger partial charge in [0, 0.05) is 21.5 Å². The van der Waals surface area contributed by atoms with Crippen molar-refractivity contribution in [2.45, 2.75) is 20.3 Å². The Kier molecular flexibility index (Phi) is 2.34. The quantitative estimate of drug-likeness (QED) is 0.812. The van der Waals surface area contributed by atoms with E-state index in [1.165, 1.54) is 17.4 Å². The third-order valence-electron chi connectivity index (χ3n) is 2.28. The molecule has 0 aliphatic carbocycles. The van der Waals surface area contributed by atoms with Crippen LogP contribution in [0.2, 0.25) is 0 Å². The third-order valence-corrected chi connectivity index (χ3v) is 3.29. The number of aromatic nitrogens is 1. The van der Waals surface area contributed by atoms with E-state index in [9.17, 15) is 8.78 Å². The third kappa shape index (κ3) is 1.56. The van der Waals surface area contributed by atoms with Crippen molar-refractivity contribution >= 4 is 27.2 Å². The number of halogens is 2. The van der Waals surface area contributed by atoms with Gasteiger partial charge in [0.1, 0.15) is 4.83 Å². The predicted molar refractivity (Wildman–Crippen MR) is 58.5 cm³/mol. The van der Waals surface area contributed by atoms with Gasteiger partial charge in [0.25, 0.3) is 6.43 Å². The van der Waals surface area contributed by atoms with E-state index in [1.807, 2.05) is 6.92 Å². The van der Waals surface area contributed by atoms with Gasteiger partial charge < -0.3 is 5.73 Å². The largest absolute Gasteiger partial charge is 0.397 e. The zero-order valence-corrected chi connectivity index (χ0v) is 9.16. The molecule has 0 saturated carbocycles. The molecule has 15 heavy (non-hydrogen) atoms. The van der Waals surface area contributed by atoms with E-state index in [-0.39, 0.29) is 5.56 Å². The summed E-state index contributed by atoms with van der Waals surface area (Å²) in [4.78, 5) is 5.64. The minimum absolute atomic E-state index is 0.0145. The first kappa shape index (κ1) is 10.3. The smallest absolute Gasteiger partial charge is 0.264 e. The first-order valence-electron chi connectivity index (χ1n) is 4.45. The van der Waals surface area contributed by atoms with Crippen molar-refractivity contribution < 1.29 is 8.78 Å². The van der Waals surface area contributed by atoms with Gasteiger partial charge in [-0.15, -0.1) is 11.3 Å². The van der Waals surface area contributed by atoms with E-state index in [4.69, 9.17) is 5.73 Å². The minimum Gasteiger partial charge on any atom is -0.397 e. The van der Waals surface area contributed by atoms with Gasteiger partial charge in [0.15, 0.2) is 0 Å². The molecule has 2 aromatic heterocycles. The standard InChI is InChI=1S/C10H10F2N2S/c1-4-3-6(9(11)12)7-8(13)5(2)15-10(7)14-4/h3,9H,13H2,1-2H3. The van der Waals surface area contributed by atoms with Crippen LogP contribution in [-0.2, 0) is 0 Å². The molecule has 0 saturated heterocycles. The van der Waals surface area contributed by atoms with Crippen molar-refractivity contribution in [1.82, 2.24) is 4.98 Å². The second kappa shape index (κ2) is 3.41. The molecular formula is C10H10F2N2S. The van der Waals surface area contributed by atoms with Crippen molar-refractivity contribution in [2.75, 3.05) is 5.73 Å². The number of hydrogen-bond acceptors (Lipinski definition) is 3. The molecule has 2 rings (SSSR count). The van der Waals surface area contributed by atoms with E-state index in [0.717, 1.165) is 4.88 Å². The van der Waals surface area contributed by atoms with Crippen molar-refractivity contribution in [3.8, 4) is 0 Å². The minimum atomic E-state index is -2.51. The summed E-state index contributed by atoms with van der Waals surface area (Å²) in [6.45, 7) is 3.52. The van der Waals surface area contributed by atoms with Crippen LogP contribution in [0, 0.1) is 13.8 Å². The Morgan fingerprint density at radius 1 is 1.40 bits per heavy atom. The Bertz CT molecular complexity index is 520. The summed E-state index contributed by atoms with van der Waals surface area (Å²) in [5.74, 6) is 0. The highest BCUT2D eigenvalue weighted by Gasteiger charge is 2.18. The maximum Gasteiger partial charge on any atom is 0.264 e. The summed E-state index contributed by atoms with van der Waals surface area (Å²) < 4.78 is 25.6. The molecule has 0 aliphatic rings. The lowest BCUT2D eigenvalue weighted by Gasteiger charge is -2.04. The van der Waals surface area contributed by atoms with Gasteiger partial charge in [0.2, 0.25) is 0 Å². The number of nitrogens with zero attached hydrogens (tertiary/aromatic N) is 1. The van der Waals surface area contributed by atoms with Crippen LogP contribution in [-0.4, -0.2) is 4.98 Å². The molecule has 2 N–H and O–H groups in total. The summed E-state index contributed by atoms with van der Waals surface area (Å²) in [6.07, 6.45) is -2.51. The van der Waals surface area contributed by atoms with Gasteiger partial charge >= 0.3 is 0 Å². The summed E-state index contributed by atoms with van der Waals surface area (Å²) >= 11 is 1.36. The van der Waals surface area contributed by atoms with E-state index in [2.05, 4.69) is 4.98 Å². The SMILES string of the molecule is Cc1cc(C(F)F)c2c(N)c(C)sc2n1. The molecule has 2 aromatic rings. The number of aryl methyl sites for hydroxylation is 2. The number of pyridine rings is 1. The van der Waals surface area contributed by atoms with Crippen LogP contribution >= 0.6 is 11.3 Å². The number of nitrogen functional groups attached to an aromatic ring is 1. The molecule has 0 amide bonds. The molecule has 0 spiro atoms. The number of nitrogens with two attached hydrogens (primary N) is 1. The molecule has 0 unspecified atom stereocenters. The molecule has 0 aromatic carbocycles. The molecule has 2 heterocycles. The van der Waals surface area contributed by atoms with Gasteiger partial charge in [0.05, 0.1) is 5.69 Å². The van der Waals surface area contributed by atoms with E-state index in [0.29, 0.717) is 21.6 Å². The van der Waals surface area contributed by atoms with Gasteiger partial charge in [-0.1, -0.05) is 0 Å².